The Morgan fingerprint density at radius 1 is 1.11 bits per heavy atom. The van der Waals surface area contributed by atoms with Crippen LogP contribution in [0, 0.1) is 0 Å². The lowest BCUT2D eigenvalue weighted by atomic mass is 10.1. The second-order valence-electron chi connectivity index (χ2n) is 6.91. The molecular formula is C20H26N4O3S. The normalized spacial score (nSPS) is 15.8. The van der Waals surface area contributed by atoms with Gasteiger partial charge in [0.1, 0.15) is 5.82 Å². The highest BCUT2D eigenvalue weighted by molar-refractivity contribution is 7.89. The molecule has 0 aliphatic carbocycles. The minimum Gasteiger partial charge on any atom is -0.356 e. The molecular weight excluding hydrogens is 376 g/mol. The van der Waals surface area contributed by atoms with Crippen LogP contribution in [0.15, 0.2) is 53.6 Å². The van der Waals surface area contributed by atoms with Crippen molar-refractivity contribution in [2.75, 3.05) is 18.0 Å². The lowest BCUT2D eigenvalue weighted by Crippen LogP contribution is -2.44. The first-order valence-corrected chi connectivity index (χ1v) is 11.0. The van der Waals surface area contributed by atoms with Crippen LogP contribution in [0.1, 0.15) is 31.7 Å². The molecule has 28 heavy (non-hydrogen) atoms. The Labute approximate surface area is 166 Å². The number of rotatable bonds is 7. The summed E-state index contributed by atoms with van der Waals surface area (Å²) in [5, 5.41) is 2.82. The quantitative estimate of drug-likeness (QED) is 0.740. The predicted octanol–water partition coefficient (Wildman–Crippen LogP) is 2.06. The van der Waals surface area contributed by atoms with E-state index >= 15 is 0 Å². The summed E-state index contributed by atoms with van der Waals surface area (Å²) in [6.07, 6.45) is 5.27. The number of carbonyl (C=O) groups is 1. The SMILES string of the molecule is C[C@H](NS(=O)(=O)c1ccccc1)C(=O)NCc1cccnc1N1CCCCC1. The Bertz CT molecular complexity index is 897. The summed E-state index contributed by atoms with van der Waals surface area (Å²) in [6.45, 7) is 3.76. The van der Waals surface area contributed by atoms with Crippen LogP contribution in [0.25, 0.3) is 0 Å². The number of anilines is 1. The molecule has 0 bridgehead atoms. The van der Waals surface area contributed by atoms with Gasteiger partial charge in [-0.3, -0.25) is 4.79 Å². The Hall–Kier alpha value is -2.45. The molecule has 1 fully saturated rings. The Kier molecular flexibility index (Phi) is 6.64. The minimum absolute atomic E-state index is 0.134. The Balaban J connectivity index is 1.61. The van der Waals surface area contributed by atoms with Crippen LogP contribution in [-0.4, -0.2) is 38.4 Å². The average molecular weight is 403 g/mol. The van der Waals surface area contributed by atoms with E-state index in [0.29, 0.717) is 6.54 Å². The number of hydrogen-bond acceptors (Lipinski definition) is 5. The van der Waals surface area contributed by atoms with Gasteiger partial charge >= 0.3 is 0 Å². The number of piperidine rings is 1. The molecule has 0 saturated carbocycles. The zero-order valence-electron chi connectivity index (χ0n) is 16.0. The zero-order valence-corrected chi connectivity index (χ0v) is 16.8. The van der Waals surface area contributed by atoms with Crippen LogP contribution in [0.4, 0.5) is 5.82 Å². The van der Waals surface area contributed by atoms with Gasteiger partial charge in [0, 0.05) is 31.4 Å². The van der Waals surface area contributed by atoms with Crippen molar-refractivity contribution in [2.45, 2.75) is 43.7 Å². The molecule has 1 amide bonds. The van der Waals surface area contributed by atoms with Crippen molar-refractivity contribution in [1.29, 1.82) is 0 Å². The molecule has 7 nitrogen and oxygen atoms in total. The first-order chi connectivity index (χ1) is 13.5. The van der Waals surface area contributed by atoms with Crippen molar-refractivity contribution in [3.63, 3.8) is 0 Å². The summed E-state index contributed by atoms with van der Waals surface area (Å²) in [6, 6.07) is 10.9. The fourth-order valence-electron chi connectivity index (χ4n) is 3.25. The lowest BCUT2D eigenvalue weighted by molar-refractivity contribution is -0.122. The number of hydrogen-bond donors (Lipinski definition) is 2. The van der Waals surface area contributed by atoms with Gasteiger partial charge in [-0.25, -0.2) is 13.4 Å². The van der Waals surface area contributed by atoms with Crippen molar-refractivity contribution < 1.29 is 13.2 Å². The highest BCUT2D eigenvalue weighted by atomic mass is 32.2. The van der Waals surface area contributed by atoms with E-state index in [1.807, 2.05) is 12.1 Å². The number of carbonyl (C=O) groups excluding carboxylic acids is 1. The number of pyridine rings is 1. The van der Waals surface area contributed by atoms with E-state index in [9.17, 15) is 13.2 Å². The summed E-state index contributed by atoms with van der Waals surface area (Å²) in [4.78, 5) is 19.3. The molecule has 1 aliphatic heterocycles. The largest absolute Gasteiger partial charge is 0.356 e. The maximum absolute atomic E-state index is 12.4. The molecule has 8 heteroatoms. The van der Waals surface area contributed by atoms with Gasteiger partial charge in [-0.2, -0.15) is 4.72 Å². The molecule has 2 heterocycles. The van der Waals surface area contributed by atoms with Crippen LogP contribution in [0.3, 0.4) is 0 Å². The molecule has 2 N–H and O–H groups in total. The molecule has 150 valence electrons. The summed E-state index contributed by atoms with van der Waals surface area (Å²) in [5.74, 6) is 0.507. The van der Waals surface area contributed by atoms with E-state index in [1.54, 1.807) is 24.4 Å². The van der Waals surface area contributed by atoms with Gasteiger partial charge in [0.15, 0.2) is 0 Å². The van der Waals surface area contributed by atoms with Gasteiger partial charge in [-0.1, -0.05) is 24.3 Å². The maximum Gasteiger partial charge on any atom is 0.241 e. The number of nitrogens with zero attached hydrogens (tertiary/aromatic N) is 2. The molecule has 1 aliphatic rings. The van der Waals surface area contributed by atoms with Crippen LogP contribution < -0.4 is 14.9 Å². The predicted molar refractivity (Wildman–Crippen MR) is 108 cm³/mol. The van der Waals surface area contributed by atoms with Crippen molar-refractivity contribution in [2.24, 2.45) is 0 Å². The van der Waals surface area contributed by atoms with Gasteiger partial charge in [-0.05, 0) is 44.4 Å². The molecule has 1 aromatic carbocycles. The number of nitrogens with one attached hydrogen (secondary N) is 2. The number of aromatic nitrogens is 1. The first kappa shape index (κ1) is 20.3. The van der Waals surface area contributed by atoms with Crippen LogP contribution in [-0.2, 0) is 21.4 Å². The molecule has 1 atom stereocenters. The third kappa shape index (κ3) is 5.08. The third-order valence-corrected chi connectivity index (χ3v) is 6.31. The number of amides is 1. The molecule has 1 aromatic heterocycles. The number of sulfonamides is 1. The highest BCUT2D eigenvalue weighted by Crippen LogP contribution is 2.21. The first-order valence-electron chi connectivity index (χ1n) is 9.51. The van der Waals surface area contributed by atoms with Gasteiger partial charge in [0.25, 0.3) is 0 Å². The molecule has 3 rings (SSSR count). The van der Waals surface area contributed by atoms with Crippen molar-refractivity contribution in [3.05, 3.63) is 54.2 Å². The van der Waals surface area contributed by atoms with Crippen molar-refractivity contribution in [3.8, 4) is 0 Å². The molecule has 2 aromatic rings. The van der Waals surface area contributed by atoms with Crippen LogP contribution >= 0.6 is 0 Å². The maximum atomic E-state index is 12.4. The van der Waals surface area contributed by atoms with Gasteiger partial charge in [0.2, 0.25) is 15.9 Å². The van der Waals surface area contributed by atoms with E-state index in [4.69, 9.17) is 0 Å². The van der Waals surface area contributed by atoms with Gasteiger partial charge in [-0.15, -0.1) is 0 Å². The van der Waals surface area contributed by atoms with E-state index in [-0.39, 0.29) is 10.8 Å². The van der Waals surface area contributed by atoms with E-state index in [1.165, 1.54) is 25.5 Å². The smallest absolute Gasteiger partial charge is 0.241 e. The Morgan fingerprint density at radius 3 is 2.54 bits per heavy atom. The van der Waals surface area contributed by atoms with Crippen molar-refractivity contribution >= 4 is 21.7 Å². The monoisotopic (exact) mass is 402 g/mol. The standard InChI is InChI=1S/C20H26N4O3S/c1-16(23-28(26,27)18-10-4-2-5-11-18)20(25)22-15-17-9-8-12-21-19(17)24-13-6-3-7-14-24/h2,4-5,8-12,16,23H,3,6-7,13-15H2,1H3,(H,22,25)/t16-/m0/s1. The van der Waals surface area contributed by atoms with E-state index in [2.05, 4.69) is 19.9 Å². The second kappa shape index (κ2) is 9.16. The minimum atomic E-state index is -3.74. The highest BCUT2D eigenvalue weighted by Gasteiger charge is 2.22. The summed E-state index contributed by atoms with van der Waals surface area (Å²) < 4.78 is 27.2. The third-order valence-electron chi connectivity index (χ3n) is 4.75. The van der Waals surface area contributed by atoms with Gasteiger partial charge < -0.3 is 10.2 Å². The lowest BCUT2D eigenvalue weighted by Gasteiger charge is -2.29. The molecule has 0 unspecified atom stereocenters. The zero-order chi connectivity index (χ0) is 20.0. The van der Waals surface area contributed by atoms with E-state index in [0.717, 1.165) is 37.3 Å². The molecule has 1 saturated heterocycles. The average Bonchev–Trinajstić information content (AvgIpc) is 2.73. The van der Waals surface area contributed by atoms with Crippen LogP contribution in [0.5, 0.6) is 0 Å². The summed E-state index contributed by atoms with van der Waals surface area (Å²) >= 11 is 0. The molecule has 0 spiro atoms. The van der Waals surface area contributed by atoms with Crippen LogP contribution in [0.2, 0.25) is 0 Å². The fourth-order valence-corrected chi connectivity index (χ4v) is 4.47. The Morgan fingerprint density at radius 2 is 1.82 bits per heavy atom. The number of benzene rings is 1. The summed E-state index contributed by atoms with van der Waals surface area (Å²) in [7, 11) is -3.74. The van der Waals surface area contributed by atoms with E-state index < -0.39 is 16.1 Å². The topological polar surface area (TPSA) is 91.4 Å². The summed E-state index contributed by atoms with van der Waals surface area (Å²) in [5.41, 5.74) is 0.927. The fraction of sp³-hybridized carbons (Fsp3) is 0.400. The van der Waals surface area contributed by atoms with Gasteiger partial charge in [0.05, 0.1) is 10.9 Å². The van der Waals surface area contributed by atoms with Crippen molar-refractivity contribution in [1.82, 2.24) is 15.0 Å². The molecule has 0 radical (unpaired) electrons. The second-order valence-corrected chi connectivity index (χ2v) is 8.62.